The van der Waals surface area contributed by atoms with Gasteiger partial charge >= 0.3 is 5.97 Å². The molecule has 0 fully saturated rings. The highest BCUT2D eigenvalue weighted by atomic mass is 16.5. The second kappa shape index (κ2) is 8.70. The molecule has 1 aliphatic rings. The van der Waals surface area contributed by atoms with Crippen molar-refractivity contribution >= 4 is 34.6 Å². The Hall–Kier alpha value is -5.24. The van der Waals surface area contributed by atoms with Crippen LogP contribution >= 0.6 is 0 Å². The molecule has 186 valence electrons. The van der Waals surface area contributed by atoms with Gasteiger partial charge in [-0.3, -0.25) is 9.59 Å². The number of ether oxygens (including phenoxy) is 1. The Morgan fingerprint density at radius 3 is 2.39 bits per heavy atom. The van der Waals surface area contributed by atoms with Gasteiger partial charge in [0, 0.05) is 5.56 Å². The zero-order valence-corrected chi connectivity index (χ0v) is 20.4. The Labute approximate surface area is 216 Å². The quantitative estimate of drug-likeness (QED) is 0.293. The summed E-state index contributed by atoms with van der Waals surface area (Å²) in [6, 6.07) is 22.8. The lowest BCUT2D eigenvalue weighted by atomic mass is 10.0. The molecule has 0 unspecified atom stereocenters. The number of carbonyl (C=O) groups is 3. The monoisotopic (exact) mass is 504 g/mol. The van der Waals surface area contributed by atoms with E-state index in [1.165, 1.54) is 25.3 Å². The van der Waals surface area contributed by atoms with Gasteiger partial charge in [0.1, 0.15) is 11.3 Å². The molecule has 38 heavy (non-hydrogen) atoms. The molecule has 0 spiro atoms. The fourth-order valence-corrected chi connectivity index (χ4v) is 4.65. The molecule has 8 nitrogen and oxygen atoms in total. The van der Waals surface area contributed by atoms with Crippen LogP contribution in [0, 0.1) is 6.92 Å². The third kappa shape index (κ3) is 3.70. The van der Waals surface area contributed by atoms with Crippen LogP contribution in [0.4, 0.5) is 5.69 Å². The molecule has 0 radical (unpaired) electrons. The molecule has 4 aromatic carbocycles. The molecule has 1 aliphatic heterocycles. The van der Waals surface area contributed by atoms with Crippen molar-refractivity contribution in [1.82, 2.24) is 4.98 Å². The largest absolute Gasteiger partial charge is 0.495 e. The van der Waals surface area contributed by atoms with Crippen molar-refractivity contribution in [2.24, 2.45) is 0 Å². The number of rotatable bonds is 5. The molecule has 1 N–H and O–H groups in total. The maximum absolute atomic E-state index is 13.3. The Kier molecular flexibility index (Phi) is 5.31. The SMILES string of the molecule is COc1ccc(-c2nc3cc(-c4cccc(C)c4)ccc3o2)cc1N1C(=O)c2ccc(C(=O)O)cc2C1=O. The number of carbonyl (C=O) groups excluding carboxylic acids is 2. The van der Waals surface area contributed by atoms with E-state index in [4.69, 9.17) is 9.15 Å². The average molecular weight is 504 g/mol. The first-order valence-electron chi connectivity index (χ1n) is 11.8. The van der Waals surface area contributed by atoms with Crippen LogP contribution in [0.2, 0.25) is 0 Å². The third-order valence-corrected chi connectivity index (χ3v) is 6.54. The molecule has 0 saturated heterocycles. The lowest BCUT2D eigenvalue weighted by molar-refractivity contribution is 0.0696. The van der Waals surface area contributed by atoms with Crippen LogP contribution in [0.1, 0.15) is 36.6 Å². The lowest BCUT2D eigenvalue weighted by Crippen LogP contribution is -2.29. The van der Waals surface area contributed by atoms with E-state index in [-0.39, 0.29) is 22.4 Å². The predicted octanol–water partition coefficient (Wildman–Crippen LogP) is 5.98. The summed E-state index contributed by atoms with van der Waals surface area (Å²) in [5, 5.41) is 9.30. The molecular formula is C30H20N2O6. The van der Waals surface area contributed by atoms with Crippen molar-refractivity contribution in [3.8, 4) is 28.3 Å². The topological polar surface area (TPSA) is 110 Å². The van der Waals surface area contributed by atoms with E-state index in [9.17, 15) is 19.5 Å². The van der Waals surface area contributed by atoms with Crippen LogP contribution in [-0.2, 0) is 0 Å². The van der Waals surface area contributed by atoms with Crippen molar-refractivity contribution in [1.29, 1.82) is 0 Å². The fourth-order valence-electron chi connectivity index (χ4n) is 4.65. The second-order valence-electron chi connectivity index (χ2n) is 8.97. The number of aryl methyl sites for hydroxylation is 1. The van der Waals surface area contributed by atoms with Crippen molar-refractivity contribution < 1.29 is 28.6 Å². The fraction of sp³-hybridized carbons (Fsp3) is 0.0667. The molecule has 0 atom stereocenters. The standard InChI is InChI=1S/C30H20N2O6/c1-16-4-3-5-17(12-16)18-7-10-25-23(14-18)31-27(38-25)19-8-11-26(37-2)24(15-19)32-28(33)21-9-6-20(30(35)36)13-22(21)29(32)34/h3-15H,1-2H3,(H,35,36). The van der Waals surface area contributed by atoms with Crippen LogP contribution in [0.25, 0.3) is 33.7 Å². The summed E-state index contributed by atoms with van der Waals surface area (Å²) < 4.78 is 11.5. The van der Waals surface area contributed by atoms with Crippen molar-refractivity contribution in [3.63, 3.8) is 0 Å². The number of carboxylic acid groups (broad SMARTS) is 1. The molecule has 2 amide bonds. The number of benzene rings is 4. The highest BCUT2D eigenvalue weighted by molar-refractivity contribution is 6.35. The van der Waals surface area contributed by atoms with E-state index < -0.39 is 17.8 Å². The van der Waals surface area contributed by atoms with Crippen LogP contribution in [0.15, 0.2) is 83.3 Å². The number of hydrogen-bond acceptors (Lipinski definition) is 6. The van der Waals surface area contributed by atoms with Gasteiger partial charge in [0.2, 0.25) is 5.89 Å². The summed E-state index contributed by atoms with van der Waals surface area (Å²) in [7, 11) is 1.44. The van der Waals surface area contributed by atoms with Gasteiger partial charge < -0.3 is 14.3 Å². The molecule has 1 aromatic heterocycles. The molecular weight excluding hydrogens is 484 g/mol. The van der Waals surface area contributed by atoms with Crippen LogP contribution in [-0.4, -0.2) is 35.0 Å². The number of aromatic carboxylic acids is 1. The summed E-state index contributed by atoms with van der Waals surface area (Å²) >= 11 is 0. The summed E-state index contributed by atoms with van der Waals surface area (Å²) in [4.78, 5) is 43.5. The van der Waals surface area contributed by atoms with Crippen molar-refractivity contribution in [3.05, 3.63) is 101 Å². The molecule has 2 heterocycles. The Bertz CT molecular complexity index is 1800. The van der Waals surface area contributed by atoms with Gasteiger partial charge in [-0.15, -0.1) is 0 Å². The van der Waals surface area contributed by atoms with E-state index in [1.807, 2.05) is 43.3 Å². The van der Waals surface area contributed by atoms with Crippen molar-refractivity contribution in [2.45, 2.75) is 6.92 Å². The molecule has 0 saturated carbocycles. The number of hydrogen-bond donors (Lipinski definition) is 1. The molecule has 6 rings (SSSR count). The number of anilines is 1. The molecule has 0 bridgehead atoms. The number of methoxy groups -OCH3 is 1. The normalized spacial score (nSPS) is 12.7. The first-order valence-corrected chi connectivity index (χ1v) is 11.8. The van der Waals surface area contributed by atoms with Crippen LogP contribution < -0.4 is 9.64 Å². The number of amides is 2. The van der Waals surface area contributed by atoms with Gasteiger partial charge in [0.15, 0.2) is 5.58 Å². The minimum absolute atomic E-state index is 0.0212. The van der Waals surface area contributed by atoms with Gasteiger partial charge in [-0.25, -0.2) is 14.7 Å². The average Bonchev–Trinajstić information content (AvgIpc) is 3.46. The van der Waals surface area contributed by atoms with Crippen molar-refractivity contribution in [2.75, 3.05) is 12.0 Å². The third-order valence-electron chi connectivity index (χ3n) is 6.54. The van der Waals surface area contributed by atoms with E-state index in [2.05, 4.69) is 11.1 Å². The van der Waals surface area contributed by atoms with E-state index in [0.29, 0.717) is 28.3 Å². The Morgan fingerprint density at radius 1 is 0.868 bits per heavy atom. The Morgan fingerprint density at radius 2 is 1.63 bits per heavy atom. The minimum Gasteiger partial charge on any atom is -0.495 e. The van der Waals surface area contributed by atoms with Gasteiger partial charge in [0.05, 0.1) is 29.5 Å². The molecule has 8 heteroatoms. The lowest BCUT2D eigenvalue weighted by Gasteiger charge is -2.18. The second-order valence-corrected chi connectivity index (χ2v) is 8.97. The zero-order chi connectivity index (χ0) is 26.6. The first-order chi connectivity index (χ1) is 18.3. The number of nitrogens with zero attached hydrogens (tertiary/aromatic N) is 2. The van der Waals surface area contributed by atoms with Gasteiger partial charge in [-0.2, -0.15) is 0 Å². The predicted molar refractivity (Wildman–Crippen MR) is 141 cm³/mol. The number of oxazole rings is 1. The maximum atomic E-state index is 13.3. The van der Waals surface area contributed by atoms with E-state index >= 15 is 0 Å². The minimum atomic E-state index is -1.19. The number of imide groups is 1. The number of fused-ring (bicyclic) bond motifs is 2. The van der Waals surface area contributed by atoms with E-state index in [0.717, 1.165) is 21.6 Å². The van der Waals surface area contributed by atoms with Crippen LogP contribution in [0.5, 0.6) is 5.75 Å². The van der Waals surface area contributed by atoms with E-state index in [1.54, 1.807) is 18.2 Å². The highest BCUT2D eigenvalue weighted by Crippen LogP contribution is 2.39. The summed E-state index contributed by atoms with van der Waals surface area (Å²) in [6.45, 7) is 2.04. The zero-order valence-electron chi connectivity index (χ0n) is 20.4. The molecule has 0 aliphatic carbocycles. The summed E-state index contributed by atoms with van der Waals surface area (Å²) in [5.41, 5.74) is 5.29. The Balaban J connectivity index is 1.41. The van der Waals surface area contributed by atoms with Crippen LogP contribution in [0.3, 0.4) is 0 Å². The maximum Gasteiger partial charge on any atom is 0.335 e. The van der Waals surface area contributed by atoms with Gasteiger partial charge in [-0.05, 0) is 66.6 Å². The molecule has 5 aromatic rings. The summed E-state index contributed by atoms with van der Waals surface area (Å²) in [5.74, 6) is -1.79. The highest BCUT2D eigenvalue weighted by Gasteiger charge is 2.39. The number of aromatic nitrogens is 1. The van der Waals surface area contributed by atoms with Gasteiger partial charge in [-0.1, -0.05) is 35.9 Å². The summed E-state index contributed by atoms with van der Waals surface area (Å²) in [6.07, 6.45) is 0. The smallest absolute Gasteiger partial charge is 0.335 e. The van der Waals surface area contributed by atoms with Gasteiger partial charge in [0.25, 0.3) is 11.8 Å². The first kappa shape index (κ1) is 23.2. The number of carboxylic acids is 1.